The molecule has 2 amide bonds. The molecule has 0 unspecified atom stereocenters. The minimum Gasteiger partial charge on any atom is -0.352 e. The molecule has 7 nitrogen and oxygen atoms in total. The molecule has 0 radical (unpaired) electrons. The van der Waals surface area contributed by atoms with Crippen LogP contribution in [0.4, 0.5) is 5.69 Å². The van der Waals surface area contributed by atoms with Crippen LogP contribution in [0.1, 0.15) is 43.9 Å². The summed E-state index contributed by atoms with van der Waals surface area (Å²) in [6.07, 6.45) is 1.78. The van der Waals surface area contributed by atoms with Gasteiger partial charge in [0, 0.05) is 23.5 Å². The van der Waals surface area contributed by atoms with Crippen molar-refractivity contribution < 1.29 is 18.0 Å². The molecule has 1 N–H and O–H groups in total. The Morgan fingerprint density at radius 3 is 1.93 bits per heavy atom. The van der Waals surface area contributed by atoms with E-state index in [0.29, 0.717) is 5.69 Å². The molecule has 2 atom stereocenters. The Morgan fingerprint density at radius 1 is 0.778 bits per heavy atom. The molecule has 0 spiro atoms. The number of nitrogens with one attached hydrogen (secondary N) is 1. The molecule has 0 aliphatic rings. The van der Waals surface area contributed by atoms with E-state index in [1.807, 2.05) is 87.5 Å². The van der Waals surface area contributed by atoms with E-state index >= 15 is 0 Å². The van der Waals surface area contributed by atoms with Gasteiger partial charge in [-0.05, 0) is 72.9 Å². The van der Waals surface area contributed by atoms with Crippen molar-refractivity contribution in [2.75, 3.05) is 10.8 Å². The van der Waals surface area contributed by atoms with Gasteiger partial charge < -0.3 is 10.2 Å². The number of anilines is 1. The number of sulfonamides is 1. The average Bonchev–Trinajstić information content (AvgIpc) is 3.06. The van der Waals surface area contributed by atoms with Crippen LogP contribution in [0.15, 0.2) is 119 Å². The minimum absolute atomic E-state index is 0.0761. The van der Waals surface area contributed by atoms with Crippen molar-refractivity contribution >= 4 is 43.5 Å². The fourth-order valence-electron chi connectivity index (χ4n) is 4.93. The first-order valence-electron chi connectivity index (χ1n) is 15.2. The van der Waals surface area contributed by atoms with Crippen molar-refractivity contribution in [3.63, 3.8) is 0 Å². The summed E-state index contributed by atoms with van der Waals surface area (Å²) in [5.41, 5.74) is 3.12. The molecule has 0 saturated heterocycles. The quantitative estimate of drug-likeness (QED) is 0.159. The topological polar surface area (TPSA) is 86.8 Å². The van der Waals surface area contributed by atoms with E-state index in [0.717, 1.165) is 38.3 Å². The molecule has 0 bridgehead atoms. The third-order valence-corrected chi connectivity index (χ3v) is 10.1. The van der Waals surface area contributed by atoms with Crippen LogP contribution in [0.2, 0.25) is 0 Å². The number of hydrogen-bond donors (Lipinski definition) is 1. The Kier molecular flexibility index (Phi) is 12.0. The zero-order valence-corrected chi connectivity index (χ0v) is 28.3. The third-order valence-electron chi connectivity index (χ3n) is 7.78. The first-order chi connectivity index (χ1) is 21.6. The van der Waals surface area contributed by atoms with Crippen LogP contribution in [-0.2, 0) is 39.0 Å². The molecular formula is C36H40BrN3O4S. The van der Waals surface area contributed by atoms with Crippen molar-refractivity contribution in [2.24, 2.45) is 0 Å². The first kappa shape index (κ1) is 33.9. The van der Waals surface area contributed by atoms with Gasteiger partial charge in [-0.2, -0.15) is 0 Å². The highest BCUT2D eigenvalue weighted by molar-refractivity contribution is 9.10. The van der Waals surface area contributed by atoms with Crippen molar-refractivity contribution in [3.05, 3.63) is 130 Å². The number of nitrogens with zero attached hydrogens (tertiary/aromatic N) is 2. The van der Waals surface area contributed by atoms with E-state index in [9.17, 15) is 18.0 Å². The molecule has 9 heteroatoms. The molecule has 0 aliphatic carbocycles. The van der Waals surface area contributed by atoms with Gasteiger partial charge in [-0.15, -0.1) is 0 Å². The van der Waals surface area contributed by atoms with Gasteiger partial charge in [0.05, 0.1) is 10.6 Å². The zero-order valence-electron chi connectivity index (χ0n) is 25.9. The number of amides is 2. The number of hydrogen-bond acceptors (Lipinski definition) is 4. The van der Waals surface area contributed by atoms with E-state index in [-0.39, 0.29) is 29.8 Å². The normalized spacial score (nSPS) is 12.6. The van der Waals surface area contributed by atoms with E-state index in [1.165, 1.54) is 17.0 Å². The lowest BCUT2D eigenvalue weighted by Crippen LogP contribution is -2.54. The SMILES string of the molecule is CCc1ccc(N(CC(=O)N(Cc2ccc(Br)cc2)[C@H](Cc2ccccc2)C(=O)N[C@H](C)CC)S(=O)(=O)c2ccccc2)cc1. The Bertz CT molecular complexity index is 1650. The first-order valence-corrected chi connectivity index (χ1v) is 17.4. The minimum atomic E-state index is -4.13. The largest absolute Gasteiger partial charge is 0.352 e. The molecule has 0 aliphatic heterocycles. The summed E-state index contributed by atoms with van der Waals surface area (Å²) >= 11 is 3.47. The van der Waals surface area contributed by atoms with E-state index in [2.05, 4.69) is 21.2 Å². The monoisotopic (exact) mass is 689 g/mol. The van der Waals surface area contributed by atoms with Crippen LogP contribution >= 0.6 is 15.9 Å². The molecule has 4 rings (SSSR count). The average molecular weight is 691 g/mol. The zero-order chi connectivity index (χ0) is 32.4. The molecule has 4 aromatic carbocycles. The van der Waals surface area contributed by atoms with Crippen LogP contribution in [-0.4, -0.2) is 43.8 Å². The third kappa shape index (κ3) is 9.05. The second-order valence-corrected chi connectivity index (χ2v) is 13.8. The van der Waals surface area contributed by atoms with Crippen LogP contribution in [0, 0.1) is 0 Å². The lowest BCUT2D eigenvalue weighted by atomic mass is 10.0. The molecule has 0 saturated carbocycles. The number of aryl methyl sites for hydroxylation is 1. The lowest BCUT2D eigenvalue weighted by molar-refractivity contribution is -0.140. The maximum Gasteiger partial charge on any atom is 0.264 e. The van der Waals surface area contributed by atoms with Gasteiger partial charge in [-0.1, -0.05) is 103 Å². The van der Waals surface area contributed by atoms with Crippen molar-refractivity contribution in [2.45, 2.75) is 63.6 Å². The Labute approximate surface area is 275 Å². The summed E-state index contributed by atoms with van der Waals surface area (Å²) in [5.74, 6) is -0.777. The van der Waals surface area contributed by atoms with Crippen molar-refractivity contribution in [1.29, 1.82) is 0 Å². The summed E-state index contributed by atoms with van der Waals surface area (Å²) in [7, 11) is -4.13. The number of carbonyl (C=O) groups is 2. The summed E-state index contributed by atoms with van der Waals surface area (Å²) in [6, 6.07) is 31.4. The second kappa shape index (κ2) is 15.9. The summed E-state index contributed by atoms with van der Waals surface area (Å²) in [5, 5.41) is 3.06. The highest BCUT2D eigenvalue weighted by atomic mass is 79.9. The number of benzene rings is 4. The van der Waals surface area contributed by atoms with Crippen LogP contribution < -0.4 is 9.62 Å². The summed E-state index contributed by atoms with van der Waals surface area (Å²) in [4.78, 5) is 30.0. The van der Waals surface area contributed by atoms with Gasteiger partial charge in [-0.25, -0.2) is 8.42 Å². The van der Waals surface area contributed by atoms with E-state index < -0.39 is 28.5 Å². The van der Waals surface area contributed by atoms with E-state index in [1.54, 1.807) is 30.3 Å². The van der Waals surface area contributed by atoms with Gasteiger partial charge in [0.25, 0.3) is 10.0 Å². The number of halogens is 1. The highest BCUT2D eigenvalue weighted by Gasteiger charge is 2.35. The number of carbonyl (C=O) groups excluding carboxylic acids is 2. The van der Waals surface area contributed by atoms with Crippen LogP contribution in [0.25, 0.3) is 0 Å². The second-order valence-electron chi connectivity index (χ2n) is 11.0. The number of rotatable bonds is 14. The molecule has 0 fully saturated rings. The fourth-order valence-corrected chi connectivity index (χ4v) is 6.63. The molecular weight excluding hydrogens is 650 g/mol. The van der Waals surface area contributed by atoms with E-state index in [4.69, 9.17) is 0 Å². The van der Waals surface area contributed by atoms with Gasteiger partial charge >= 0.3 is 0 Å². The summed E-state index contributed by atoms with van der Waals surface area (Å²) < 4.78 is 30.2. The molecule has 45 heavy (non-hydrogen) atoms. The molecule has 4 aromatic rings. The predicted octanol–water partition coefficient (Wildman–Crippen LogP) is 6.76. The molecule has 0 heterocycles. The van der Waals surface area contributed by atoms with Gasteiger partial charge in [-0.3, -0.25) is 13.9 Å². The highest BCUT2D eigenvalue weighted by Crippen LogP contribution is 2.26. The molecule has 236 valence electrons. The van der Waals surface area contributed by atoms with Gasteiger partial charge in [0.2, 0.25) is 11.8 Å². The predicted molar refractivity (Wildman–Crippen MR) is 183 cm³/mol. The Morgan fingerprint density at radius 2 is 1.36 bits per heavy atom. The maximum absolute atomic E-state index is 14.5. The lowest BCUT2D eigenvalue weighted by Gasteiger charge is -2.34. The van der Waals surface area contributed by atoms with Crippen molar-refractivity contribution in [3.8, 4) is 0 Å². The summed E-state index contributed by atoms with van der Waals surface area (Å²) in [6.45, 7) is 5.56. The van der Waals surface area contributed by atoms with Crippen LogP contribution in [0.3, 0.4) is 0 Å². The van der Waals surface area contributed by atoms with Gasteiger partial charge in [0.1, 0.15) is 12.6 Å². The smallest absolute Gasteiger partial charge is 0.264 e. The van der Waals surface area contributed by atoms with Crippen molar-refractivity contribution in [1.82, 2.24) is 10.2 Å². The Hall–Kier alpha value is -3.95. The van der Waals surface area contributed by atoms with Gasteiger partial charge in [0.15, 0.2) is 0 Å². The molecule has 0 aromatic heterocycles. The van der Waals surface area contributed by atoms with Crippen LogP contribution in [0.5, 0.6) is 0 Å². The fraction of sp³-hybridized carbons (Fsp3) is 0.278. The standard InChI is InChI=1S/C36H40BrN3O4S/c1-4-27(3)38-36(42)34(24-29-12-8-6-9-13-29)39(25-30-16-20-31(37)21-17-30)35(41)26-40(32-22-18-28(5-2)19-23-32)45(43,44)33-14-10-7-11-15-33/h6-23,27,34H,4-5,24-26H2,1-3H3,(H,38,42)/t27-,34-/m1/s1. The maximum atomic E-state index is 14.5. The Balaban J connectivity index is 1.79.